The highest BCUT2D eigenvalue weighted by Gasteiger charge is 2.32. The summed E-state index contributed by atoms with van der Waals surface area (Å²) in [5, 5.41) is -0.0895. The Morgan fingerprint density at radius 3 is 2.85 bits per heavy atom. The molecule has 2 unspecified atom stereocenters. The van der Waals surface area contributed by atoms with Crippen LogP contribution < -0.4 is 0 Å². The third kappa shape index (κ3) is 2.45. The maximum atomic E-state index is 6.36. The Bertz CT molecular complexity index is 618. The second kappa shape index (κ2) is 5.05. The van der Waals surface area contributed by atoms with Crippen molar-refractivity contribution >= 4 is 22.6 Å². The summed E-state index contributed by atoms with van der Waals surface area (Å²) in [7, 11) is 0. The van der Waals surface area contributed by atoms with Gasteiger partial charge in [-0.2, -0.15) is 0 Å². The molecule has 2 aromatic rings. The summed E-state index contributed by atoms with van der Waals surface area (Å²) in [5.41, 5.74) is 2.12. The number of ether oxygens (including phenoxy) is 1. The number of nitrogens with zero attached hydrogens (tertiary/aromatic N) is 2. The molecule has 1 aliphatic heterocycles. The van der Waals surface area contributed by atoms with Crippen LogP contribution in [0.4, 0.5) is 0 Å². The van der Waals surface area contributed by atoms with E-state index < -0.39 is 0 Å². The SMILES string of the molecule is CC(Cl)c1nc2ccccc2n1C1CCOC(C)(C)C1. The first-order chi connectivity index (χ1) is 9.48. The number of hydrogen-bond acceptors (Lipinski definition) is 2. The zero-order chi connectivity index (χ0) is 14.3. The first-order valence-corrected chi connectivity index (χ1v) is 7.66. The Morgan fingerprint density at radius 1 is 1.40 bits per heavy atom. The third-order valence-corrected chi connectivity index (χ3v) is 4.21. The van der Waals surface area contributed by atoms with Gasteiger partial charge in [0.15, 0.2) is 0 Å². The smallest absolute Gasteiger partial charge is 0.127 e. The highest BCUT2D eigenvalue weighted by atomic mass is 35.5. The summed E-state index contributed by atoms with van der Waals surface area (Å²) in [5.74, 6) is 0.968. The van der Waals surface area contributed by atoms with Gasteiger partial charge in [-0.05, 0) is 45.7 Å². The highest BCUT2D eigenvalue weighted by molar-refractivity contribution is 6.20. The monoisotopic (exact) mass is 292 g/mol. The summed E-state index contributed by atoms with van der Waals surface area (Å²) in [6, 6.07) is 8.68. The number of rotatable bonds is 2. The molecule has 20 heavy (non-hydrogen) atoms. The molecule has 108 valence electrons. The van der Waals surface area contributed by atoms with Gasteiger partial charge in [0.05, 0.1) is 22.0 Å². The van der Waals surface area contributed by atoms with E-state index in [1.54, 1.807) is 0 Å². The van der Waals surface area contributed by atoms with Crippen molar-refractivity contribution in [2.75, 3.05) is 6.61 Å². The minimum absolute atomic E-state index is 0.0822. The fourth-order valence-corrected chi connectivity index (χ4v) is 3.30. The number of fused-ring (bicyclic) bond motifs is 1. The van der Waals surface area contributed by atoms with Crippen molar-refractivity contribution in [2.45, 2.75) is 50.6 Å². The predicted molar refractivity (Wildman–Crippen MR) is 82.3 cm³/mol. The molecule has 0 saturated carbocycles. The number of benzene rings is 1. The predicted octanol–water partition coefficient (Wildman–Crippen LogP) is 4.47. The van der Waals surface area contributed by atoms with Gasteiger partial charge in [-0.1, -0.05) is 12.1 Å². The van der Waals surface area contributed by atoms with Crippen LogP contribution in [-0.2, 0) is 4.74 Å². The molecule has 1 saturated heterocycles. The Kier molecular flexibility index (Phi) is 3.51. The molecule has 1 aromatic heterocycles. The van der Waals surface area contributed by atoms with Crippen LogP contribution in [0, 0.1) is 0 Å². The van der Waals surface area contributed by atoms with Crippen LogP contribution >= 0.6 is 11.6 Å². The van der Waals surface area contributed by atoms with Gasteiger partial charge >= 0.3 is 0 Å². The van der Waals surface area contributed by atoms with E-state index in [1.807, 2.05) is 13.0 Å². The van der Waals surface area contributed by atoms with Crippen molar-refractivity contribution in [2.24, 2.45) is 0 Å². The Balaban J connectivity index is 2.11. The van der Waals surface area contributed by atoms with E-state index in [4.69, 9.17) is 21.3 Å². The summed E-state index contributed by atoms with van der Waals surface area (Å²) in [6.07, 6.45) is 2.00. The van der Waals surface area contributed by atoms with Gasteiger partial charge in [0.1, 0.15) is 5.82 Å². The van der Waals surface area contributed by atoms with Crippen LogP contribution in [0.15, 0.2) is 24.3 Å². The lowest BCUT2D eigenvalue weighted by molar-refractivity contribution is -0.0688. The van der Waals surface area contributed by atoms with E-state index in [0.29, 0.717) is 6.04 Å². The van der Waals surface area contributed by atoms with Crippen molar-refractivity contribution in [3.8, 4) is 0 Å². The van der Waals surface area contributed by atoms with Crippen LogP contribution in [0.5, 0.6) is 0 Å². The van der Waals surface area contributed by atoms with Gasteiger partial charge in [0, 0.05) is 12.6 Å². The minimum atomic E-state index is -0.0895. The van der Waals surface area contributed by atoms with Crippen molar-refractivity contribution in [3.63, 3.8) is 0 Å². The molecule has 0 N–H and O–H groups in total. The lowest BCUT2D eigenvalue weighted by atomic mass is 9.93. The largest absolute Gasteiger partial charge is 0.375 e. The Hall–Kier alpha value is -1.06. The van der Waals surface area contributed by atoms with Gasteiger partial charge in [-0.3, -0.25) is 0 Å². The fourth-order valence-electron chi connectivity index (χ4n) is 3.15. The van der Waals surface area contributed by atoms with E-state index in [2.05, 4.69) is 36.6 Å². The van der Waals surface area contributed by atoms with E-state index in [-0.39, 0.29) is 11.0 Å². The average molecular weight is 293 g/mol. The molecule has 4 heteroatoms. The quantitative estimate of drug-likeness (QED) is 0.764. The highest BCUT2D eigenvalue weighted by Crippen LogP contribution is 2.37. The standard InChI is InChI=1S/C16H21ClN2O/c1-11(17)15-18-13-6-4-5-7-14(13)19(15)12-8-9-20-16(2,3)10-12/h4-7,11-12H,8-10H2,1-3H3. The summed E-state index contributed by atoms with van der Waals surface area (Å²) in [6.45, 7) is 7.09. The molecule has 1 fully saturated rings. The van der Waals surface area contributed by atoms with E-state index in [0.717, 1.165) is 30.8 Å². The van der Waals surface area contributed by atoms with Gasteiger partial charge in [0.25, 0.3) is 0 Å². The summed E-state index contributed by atoms with van der Waals surface area (Å²) in [4.78, 5) is 4.73. The normalized spacial score (nSPS) is 23.9. The number of halogens is 1. The summed E-state index contributed by atoms with van der Waals surface area (Å²) >= 11 is 6.36. The van der Waals surface area contributed by atoms with Crippen LogP contribution in [0.2, 0.25) is 0 Å². The molecule has 0 spiro atoms. The molecule has 3 nitrogen and oxygen atoms in total. The zero-order valence-electron chi connectivity index (χ0n) is 12.3. The van der Waals surface area contributed by atoms with Crippen LogP contribution in [0.3, 0.4) is 0 Å². The van der Waals surface area contributed by atoms with Crippen LogP contribution in [0.25, 0.3) is 11.0 Å². The number of hydrogen-bond donors (Lipinski definition) is 0. The first-order valence-electron chi connectivity index (χ1n) is 7.23. The molecule has 0 bridgehead atoms. The third-order valence-electron chi connectivity index (χ3n) is 4.02. The van der Waals surface area contributed by atoms with Crippen LogP contribution in [0.1, 0.15) is 50.9 Å². The van der Waals surface area contributed by atoms with E-state index in [9.17, 15) is 0 Å². The Labute approximate surface area is 124 Å². The van der Waals surface area contributed by atoms with Crippen molar-refractivity contribution in [3.05, 3.63) is 30.1 Å². The summed E-state index contributed by atoms with van der Waals surface area (Å²) < 4.78 is 8.17. The molecule has 2 atom stereocenters. The lowest BCUT2D eigenvalue weighted by Gasteiger charge is -2.37. The molecule has 1 aliphatic rings. The fraction of sp³-hybridized carbons (Fsp3) is 0.562. The molecule has 0 radical (unpaired) electrons. The maximum Gasteiger partial charge on any atom is 0.127 e. The lowest BCUT2D eigenvalue weighted by Crippen LogP contribution is -2.35. The molecule has 0 aliphatic carbocycles. The van der Waals surface area contributed by atoms with Gasteiger partial charge in [-0.15, -0.1) is 11.6 Å². The number of para-hydroxylation sites is 2. The molecule has 3 rings (SSSR count). The topological polar surface area (TPSA) is 27.1 Å². The second-order valence-corrected chi connectivity index (χ2v) is 6.85. The second-order valence-electron chi connectivity index (χ2n) is 6.20. The molecule has 0 amide bonds. The van der Waals surface area contributed by atoms with Crippen LogP contribution in [-0.4, -0.2) is 21.8 Å². The molecular formula is C16H21ClN2O. The first kappa shape index (κ1) is 13.9. The average Bonchev–Trinajstić information content (AvgIpc) is 2.77. The van der Waals surface area contributed by atoms with Gasteiger partial charge in [0.2, 0.25) is 0 Å². The van der Waals surface area contributed by atoms with Gasteiger partial charge < -0.3 is 9.30 Å². The van der Waals surface area contributed by atoms with Crippen molar-refractivity contribution < 1.29 is 4.74 Å². The minimum Gasteiger partial charge on any atom is -0.375 e. The zero-order valence-corrected chi connectivity index (χ0v) is 13.0. The molecule has 1 aromatic carbocycles. The molecule has 2 heterocycles. The number of alkyl halides is 1. The van der Waals surface area contributed by atoms with Crippen molar-refractivity contribution in [1.82, 2.24) is 9.55 Å². The van der Waals surface area contributed by atoms with E-state index >= 15 is 0 Å². The number of aromatic nitrogens is 2. The van der Waals surface area contributed by atoms with Crippen molar-refractivity contribution in [1.29, 1.82) is 0 Å². The molecular weight excluding hydrogens is 272 g/mol. The Morgan fingerprint density at radius 2 is 2.15 bits per heavy atom. The van der Waals surface area contributed by atoms with E-state index in [1.165, 1.54) is 5.52 Å². The maximum absolute atomic E-state index is 6.36. The van der Waals surface area contributed by atoms with Gasteiger partial charge in [-0.25, -0.2) is 4.98 Å². The number of imidazole rings is 1.